The predicted molar refractivity (Wildman–Crippen MR) is 78.1 cm³/mol. The standard InChI is InChI=1S/C16H23NO3/c1-16(2,3)15(18)20-14-6-4-5-13(11-14)19-12-7-9-17-10-8-12/h4-6,11-12,17H,7-10H2,1-3H3. The molecule has 0 amide bonds. The van der Waals surface area contributed by atoms with E-state index in [1.807, 2.05) is 32.9 Å². The fourth-order valence-electron chi connectivity index (χ4n) is 1.98. The second kappa shape index (κ2) is 6.27. The first kappa shape index (κ1) is 14.9. The molecule has 4 heteroatoms. The molecule has 0 radical (unpaired) electrons. The molecular weight excluding hydrogens is 254 g/mol. The minimum atomic E-state index is -0.508. The number of ether oxygens (including phenoxy) is 2. The molecule has 0 saturated carbocycles. The third-order valence-corrected chi connectivity index (χ3v) is 3.22. The monoisotopic (exact) mass is 277 g/mol. The van der Waals surface area contributed by atoms with Gasteiger partial charge in [-0.1, -0.05) is 6.07 Å². The first-order chi connectivity index (χ1) is 9.45. The summed E-state index contributed by atoms with van der Waals surface area (Å²) in [6, 6.07) is 7.31. The highest BCUT2D eigenvalue weighted by Gasteiger charge is 2.24. The van der Waals surface area contributed by atoms with E-state index in [1.165, 1.54) is 0 Å². The van der Waals surface area contributed by atoms with Crippen LogP contribution in [-0.2, 0) is 4.79 Å². The second-order valence-electron chi connectivity index (χ2n) is 6.18. The number of carbonyl (C=O) groups is 1. The van der Waals surface area contributed by atoms with Gasteiger partial charge in [-0.05, 0) is 58.8 Å². The fourth-order valence-corrected chi connectivity index (χ4v) is 1.98. The zero-order valence-corrected chi connectivity index (χ0v) is 12.4. The van der Waals surface area contributed by atoms with Gasteiger partial charge in [-0.15, -0.1) is 0 Å². The van der Waals surface area contributed by atoms with E-state index in [2.05, 4.69) is 5.32 Å². The van der Waals surface area contributed by atoms with Crippen LogP contribution in [-0.4, -0.2) is 25.2 Å². The summed E-state index contributed by atoms with van der Waals surface area (Å²) in [5.74, 6) is 1.06. The van der Waals surface area contributed by atoms with Gasteiger partial charge in [0.25, 0.3) is 0 Å². The van der Waals surface area contributed by atoms with Gasteiger partial charge in [0, 0.05) is 6.07 Å². The first-order valence-electron chi connectivity index (χ1n) is 7.15. The summed E-state index contributed by atoms with van der Waals surface area (Å²) in [6.07, 6.45) is 2.25. The molecule has 1 aromatic rings. The van der Waals surface area contributed by atoms with E-state index in [1.54, 1.807) is 12.1 Å². The smallest absolute Gasteiger partial charge is 0.316 e. The van der Waals surface area contributed by atoms with Crippen LogP contribution >= 0.6 is 0 Å². The molecule has 4 nitrogen and oxygen atoms in total. The van der Waals surface area contributed by atoms with Crippen molar-refractivity contribution in [3.8, 4) is 11.5 Å². The Morgan fingerprint density at radius 3 is 2.50 bits per heavy atom. The largest absolute Gasteiger partial charge is 0.490 e. The Labute approximate surface area is 120 Å². The third-order valence-electron chi connectivity index (χ3n) is 3.22. The summed E-state index contributed by atoms with van der Waals surface area (Å²) in [5, 5.41) is 3.31. The predicted octanol–water partition coefficient (Wildman–Crippen LogP) is 2.77. The van der Waals surface area contributed by atoms with Gasteiger partial charge >= 0.3 is 5.97 Å². The van der Waals surface area contributed by atoms with Gasteiger partial charge in [0.15, 0.2) is 0 Å². The van der Waals surface area contributed by atoms with E-state index in [-0.39, 0.29) is 12.1 Å². The topological polar surface area (TPSA) is 47.6 Å². The molecule has 0 bridgehead atoms. The van der Waals surface area contributed by atoms with Crippen LogP contribution < -0.4 is 14.8 Å². The Morgan fingerprint density at radius 1 is 1.20 bits per heavy atom. The van der Waals surface area contributed by atoms with Crippen LogP contribution in [0.25, 0.3) is 0 Å². The quantitative estimate of drug-likeness (QED) is 0.681. The summed E-state index contributed by atoms with van der Waals surface area (Å²) >= 11 is 0. The van der Waals surface area contributed by atoms with Gasteiger partial charge in [-0.25, -0.2) is 0 Å². The third kappa shape index (κ3) is 4.23. The maximum Gasteiger partial charge on any atom is 0.316 e. The number of rotatable bonds is 3. The maximum absolute atomic E-state index is 11.9. The van der Waals surface area contributed by atoms with Crippen LogP contribution in [0.3, 0.4) is 0 Å². The molecule has 1 N–H and O–H groups in total. The zero-order chi connectivity index (χ0) is 14.6. The van der Waals surface area contributed by atoms with Gasteiger partial charge in [0.1, 0.15) is 17.6 Å². The minimum absolute atomic E-state index is 0.239. The summed E-state index contributed by atoms with van der Waals surface area (Å²) in [7, 11) is 0. The normalized spacial score (nSPS) is 16.8. The Bertz CT molecular complexity index is 459. The van der Waals surface area contributed by atoms with Gasteiger partial charge in [-0.3, -0.25) is 4.79 Å². The summed E-state index contributed by atoms with van der Waals surface area (Å²) in [6.45, 7) is 7.49. The van der Waals surface area contributed by atoms with Gasteiger partial charge < -0.3 is 14.8 Å². The van der Waals surface area contributed by atoms with Crippen LogP contribution in [0.4, 0.5) is 0 Å². The molecule has 0 aromatic heterocycles. The Hall–Kier alpha value is -1.55. The molecule has 0 unspecified atom stereocenters. The van der Waals surface area contributed by atoms with E-state index >= 15 is 0 Å². The Balaban J connectivity index is 1.98. The number of nitrogens with one attached hydrogen (secondary N) is 1. The first-order valence-corrected chi connectivity index (χ1v) is 7.15. The van der Waals surface area contributed by atoms with Crippen molar-refractivity contribution in [3.05, 3.63) is 24.3 Å². The number of carbonyl (C=O) groups excluding carboxylic acids is 1. The van der Waals surface area contributed by atoms with Crippen molar-refractivity contribution in [3.63, 3.8) is 0 Å². The average molecular weight is 277 g/mol. The van der Waals surface area contributed by atoms with Crippen molar-refractivity contribution in [2.45, 2.75) is 39.7 Å². The van der Waals surface area contributed by atoms with Crippen LogP contribution in [0, 0.1) is 5.41 Å². The summed E-state index contributed by atoms with van der Waals surface area (Å²) in [4.78, 5) is 11.9. The van der Waals surface area contributed by atoms with Crippen molar-refractivity contribution in [1.29, 1.82) is 0 Å². The number of piperidine rings is 1. The lowest BCUT2D eigenvalue weighted by Gasteiger charge is -2.24. The van der Waals surface area contributed by atoms with Crippen molar-refractivity contribution >= 4 is 5.97 Å². The summed E-state index contributed by atoms with van der Waals surface area (Å²) < 4.78 is 11.3. The lowest BCUT2D eigenvalue weighted by molar-refractivity contribution is -0.143. The molecule has 2 rings (SSSR count). The molecule has 0 atom stereocenters. The van der Waals surface area contributed by atoms with Crippen LogP contribution in [0.1, 0.15) is 33.6 Å². The van der Waals surface area contributed by atoms with E-state index in [0.29, 0.717) is 5.75 Å². The second-order valence-corrected chi connectivity index (χ2v) is 6.18. The molecule has 1 aromatic carbocycles. The lowest BCUT2D eigenvalue weighted by atomic mass is 9.97. The zero-order valence-electron chi connectivity index (χ0n) is 12.4. The minimum Gasteiger partial charge on any atom is -0.490 e. The van der Waals surface area contributed by atoms with Crippen molar-refractivity contribution < 1.29 is 14.3 Å². The number of hydrogen-bond donors (Lipinski definition) is 1. The summed E-state index contributed by atoms with van der Waals surface area (Å²) in [5.41, 5.74) is -0.508. The maximum atomic E-state index is 11.9. The average Bonchev–Trinajstić information content (AvgIpc) is 2.39. The highest BCUT2D eigenvalue weighted by molar-refractivity contribution is 5.77. The van der Waals surface area contributed by atoms with Crippen LogP contribution in [0.2, 0.25) is 0 Å². The number of esters is 1. The molecule has 0 spiro atoms. The van der Waals surface area contributed by atoms with E-state index in [0.717, 1.165) is 31.7 Å². The highest BCUT2D eigenvalue weighted by Crippen LogP contribution is 2.24. The molecule has 1 aliphatic rings. The van der Waals surface area contributed by atoms with Crippen LogP contribution in [0.15, 0.2) is 24.3 Å². The van der Waals surface area contributed by atoms with Gasteiger partial charge in [0.05, 0.1) is 5.41 Å². The van der Waals surface area contributed by atoms with Crippen LogP contribution in [0.5, 0.6) is 11.5 Å². The van der Waals surface area contributed by atoms with E-state index in [9.17, 15) is 4.79 Å². The van der Waals surface area contributed by atoms with Crippen molar-refractivity contribution in [1.82, 2.24) is 5.32 Å². The van der Waals surface area contributed by atoms with E-state index < -0.39 is 5.41 Å². The van der Waals surface area contributed by atoms with Crippen molar-refractivity contribution in [2.24, 2.45) is 5.41 Å². The molecule has 20 heavy (non-hydrogen) atoms. The molecule has 0 aliphatic carbocycles. The van der Waals surface area contributed by atoms with Gasteiger partial charge in [0.2, 0.25) is 0 Å². The molecule has 110 valence electrons. The number of benzene rings is 1. The molecule has 1 aliphatic heterocycles. The highest BCUT2D eigenvalue weighted by atomic mass is 16.5. The van der Waals surface area contributed by atoms with E-state index in [4.69, 9.17) is 9.47 Å². The lowest BCUT2D eigenvalue weighted by Crippen LogP contribution is -2.34. The molecule has 1 saturated heterocycles. The molecular formula is C16H23NO3. The fraction of sp³-hybridized carbons (Fsp3) is 0.562. The van der Waals surface area contributed by atoms with Crippen molar-refractivity contribution in [2.75, 3.05) is 13.1 Å². The number of hydrogen-bond acceptors (Lipinski definition) is 4. The van der Waals surface area contributed by atoms with Gasteiger partial charge in [-0.2, -0.15) is 0 Å². The Kier molecular flexibility index (Phi) is 4.65. The molecule has 1 heterocycles. The molecule has 1 fully saturated rings. The SMILES string of the molecule is CC(C)(C)C(=O)Oc1cccc(OC2CCNCC2)c1. The Morgan fingerprint density at radius 2 is 1.85 bits per heavy atom.